The van der Waals surface area contributed by atoms with Crippen LogP contribution in [0.4, 0.5) is 0 Å². The minimum Gasteiger partial charge on any atom is -0.467 e. The van der Waals surface area contributed by atoms with E-state index in [1.54, 1.807) is 30.3 Å². The third-order valence-electron chi connectivity index (χ3n) is 4.74. The summed E-state index contributed by atoms with van der Waals surface area (Å²) in [7, 11) is 0. The topological polar surface area (TPSA) is 79.6 Å². The molecule has 1 aromatic heterocycles. The second-order valence-corrected chi connectivity index (χ2v) is 7.10. The molecule has 29 heavy (non-hydrogen) atoms. The molecule has 146 valence electrons. The van der Waals surface area contributed by atoms with Crippen LogP contribution in [0.25, 0.3) is 0 Å². The van der Waals surface area contributed by atoms with Crippen molar-refractivity contribution in [3.05, 3.63) is 93.9 Å². The monoisotopic (exact) mass is 408 g/mol. The number of carbonyl (C=O) groups excluding carboxylic acids is 3. The molecule has 1 aliphatic rings. The number of hydrogen-bond donors (Lipinski definition) is 1. The highest BCUT2D eigenvalue weighted by atomic mass is 35.5. The van der Waals surface area contributed by atoms with Gasteiger partial charge in [-0.3, -0.25) is 19.3 Å². The quantitative estimate of drug-likeness (QED) is 0.631. The molecule has 0 saturated carbocycles. The smallest absolute Gasteiger partial charge is 0.261 e. The van der Waals surface area contributed by atoms with Gasteiger partial charge in [0.1, 0.15) is 5.76 Å². The van der Waals surface area contributed by atoms with Gasteiger partial charge in [0.05, 0.1) is 23.9 Å². The lowest BCUT2D eigenvalue weighted by Crippen LogP contribution is -2.28. The summed E-state index contributed by atoms with van der Waals surface area (Å²) in [4.78, 5) is 38.8. The van der Waals surface area contributed by atoms with Gasteiger partial charge in [-0.2, -0.15) is 0 Å². The van der Waals surface area contributed by atoms with Crippen LogP contribution in [-0.2, 0) is 13.0 Å². The summed E-state index contributed by atoms with van der Waals surface area (Å²) < 4.78 is 5.22. The molecule has 3 amide bonds. The second kappa shape index (κ2) is 7.93. The number of halogens is 1. The fraction of sp³-hybridized carbons (Fsp3) is 0.136. The van der Waals surface area contributed by atoms with Gasteiger partial charge in [0, 0.05) is 17.1 Å². The largest absolute Gasteiger partial charge is 0.467 e. The van der Waals surface area contributed by atoms with Crippen molar-refractivity contribution in [2.45, 2.75) is 13.0 Å². The van der Waals surface area contributed by atoms with Gasteiger partial charge in [0.2, 0.25) is 0 Å². The Kier molecular flexibility index (Phi) is 5.18. The second-order valence-electron chi connectivity index (χ2n) is 6.67. The summed E-state index contributed by atoms with van der Waals surface area (Å²) in [5.74, 6) is -0.612. The molecular weight excluding hydrogens is 392 g/mol. The van der Waals surface area contributed by atoms with E-state index >= 15 is 0 Å². The van der Waals surface area contributed by atoms with E-state index in [1.807, 2.05) is 12.1 Å². The van der Waals surface area contributed by atoms with Gasteiger partial charge in [-0.05, 0) is 54.4 Å². The number of hydrogen-bond acceptors (Lipinski definition) is 4. The predicted molar refractivity (Wildman–Crippen MR) is 107 cm³/mol. The predicted octanol–water partition coefficient (Wildman–Crippen LogP) is 3.70. The molecule has 6 nitrogen and oxygen atoms in total. The standard InChI is InChI=1S/C22H17ClN2O4/c23-16-6-3-14(4-7-16)9-10-24-20(26)15-5-8-18-19(12-15)22(28)25(21(18)27)13-17-2-1-11-29-17/h1-8,11-12H,9-10,13H2,(H,24,26). The van der Waals surface area contributed by atoms with Crippen LogP contribution >= 0.6 is 11.6 Å². The van der Waals surface area contributed by atoms with Crippen LogP contribution in [0.1, 0.15) is 42.4 Å². The molecule has 7 heteroatoms. The zero-order chi connectivity index (χ0) is 20.4. The van der Waals surface area contributed by atoms with E-state index in [2.05, 4.69) is 5.32 Å². The van der Waals surface area contributed by atoms with E-state index in [-0.39, 0.29) is 18.0 Å². The number of carbonyl (C=O) groups is 3. The van der Waals surface area contributed by atoms with Gasteiger partial charge in [-0.15, -0.1) is 0 Å². The molecule has 0 saturated heterocycles. The van der Waals surface area contributed by atoms with E-state index in [4.69, 9.17) is 16.0 Å². The maximum Gasteiger partial charge on any atom is 0.261 e. The fourth-order valence-corrected chi connectivity index (χ4v) is 3.33. The lowest BCUT2D eigenvalue weighted by molar-refractivity contribution is 0.0631. The van der Waals surface area contributed by atoms with E-state index in [0.717, 1.165) is 10.5 Å². The van der Waals surface area contributed by atoms with Crippen molar-refractivity contribution < 1.29 is 18.8 Å². The lowest BCUT2D eigenvalue weighted by atomic mass is 10.1. The van der Waals surface area contributed by atoms with Crippen LogP contribution in [0.15, 0.2) is 65.3 Å². The van der Waals surface area contributed by atoms with E-state index < -0.39 is 11.8 Å². The van der Waals surface area contributed by atoms with Crippen LogP contribution in [0.5, 0.6) is 0 Å². The molecule has 2 heterocycles. The third-order valence-corrected chi connectivity index (χ3v) is 4.99. The molecule has 3 aromatic rings. The Balaban J connectivity index is 1.42. The molecule has 0 spiro atoms. The van der Waals surface area contributed by atoms with Gasteiger partial charge in [-0.25, -0.2) is 0 Å². The van der Waals surface area contributed by atoms with Gasteiger partial charge >= 0.3 is 0 Å². The SMILES string of the molecule is O=C(NCCc1ccc(Cl)cc1)c1ccc2c(c1)C(=O)N(Cc1ccco1)C2=O. The minimum absolute atomic E-state index is 0.0575. The molecule has 4 rings (SSSR count). The minimum atomic E-state index is -0.433. The first-order valence-electron chi connectivity index (χ1n) is 9.08. The van der Waals surface area contributed by atoms with Gasteiger partial charge in [-0.1, -0.05) is 23.7 Å². The van der Waals surface area contributed by atoms with Gasteiger partial charge in [0.25, 0.3) is 17.7 Å². The summed E-state index contributed by atoms with van der Waals surface area (Å²) >= 11 is 5.86. The summed E-state index contributed by atoms with van der Waals surface area (Å²) in [6.07, 6.45) is 2.14. The van der Waals surface area contributed by atoms with E-state index in [0.29, 0.717) is 34.9 Å². The van der Waals surface area contributed by atoms with Crippen LogP contribution in [-0.4, -0.2) is 29.2 Å². The van der Waals surface area contributed by atoms with Crippen molar-refractivity contribution in [2.24, 2.45) is 0 Å². The zero-order valence-electron chi connectivity index (χ0n) is 15.4. The van der Waals surface area contributed by atoms with Crippen molar-refractivity contribution in [1.29, 1.82) is 0 Å². The summed E-state index contributed by atoms with van der Waals surface area (Å²) in [5.41, 5.74) is 1.91. The Morgan fingerprint density at radius 3 is 2.48 bits per heavy atom. The Morgan fingerprint density at radius 2 is 1.76 bits per heavy atom. The third kappa shape index (κ3) is 3.93. The Hall–Kier alpha value is -3.38. The highest BCUT2D eigenvalue weighted by Gasteiger charge is 2.36. The van der Waals surface area contributed by atoms with Crippen LogP contribution in [0, 0.1) is 0 Å². The lowest BCUT2D eigenvalue weighted by Gasteiger charge is -2.11. The first kappa shape index (κ1) is 19.0. The Bertz CT molecular complexity index is 1070. The van der Waals surface area contributed by atoms with Crippen molar-refractivity contribution in [3.8, 4) is 0 Å². The number of imide groups is 1. The molecule has 0 radical (unpaired) electrons. The van der Waals surface area contributed by atoms with Crippen molar-refractivity contribution >= 4 is 29.3 Å². The molecule has 1 aliphatic heterocycles. The first-order chi connectivity index (χ1) is 14.0. The van der Waals surface area contributed by atoms with E-state index in [1.165, 1.54) is 18.4 Å². The van der Waals surface area contributed by atoms with Crippen molar-refractivity contribution in [3.63, 3.8) is 0 Å². The number of amides is 3. The molecule has 0 aliphatic carbocycles. The number of benzene rings is 2. The normalized spacial score (nSPS) is 12.9. The highest BCUT2D eigenvalue weighted by Crippen LogP contribution is 2.25. The molecular formula is C22H17ClN2O4. The van der Waals surface area contributed by atoms with Crippen LogP contribution < -0.4 is 5.32 Å². The number of fused-ring (bicyclic) bond motifs is 1. The number of nitrogens with zero attached hydrogens (tertiary/aromatic N) is 1. The molecule has 0 fully saturated rings. The van der Waals surface area contributed by atoms with Gasteiger partial charge in [0.15, 0.2) is 0 Å². The average molecular weight is 409 g/mol. The molecule has 0 atom stereocenters. The summed E-state index contributed by atoms with van der Waals surface area (Å²) in [6, 6.07) is 15.3. The Labute approximate surface area is 172 Å². The number of rotatable bonds is 6. The highest BCUT2D eigenvalue weighted by molar-refractivity contribution is 6.30. The van der Waals surface area contributed by atoms with E-state index in [9.17, 15) is 14.4 Å². The summed E-state index contributed by atoms with van der Waals surface area (Å²) in [5, 5.41) is 3.49. The first-order valence-corrected chi connectivity index (χ1v) is 9.46. The molecule has 2 aromatic carbocycles. The molecule has 0 unspecified atom stereocenters. The number of furan rings is 1. The maximum absolute atomic E-state index is 12.7. The van der Waals surface area contributed by atoms with Gasteiger partial charge < -0.3 is 9.73 Å². The summed E-state index contributed by atoms with van der Waals surface area (Å²) in [6.45, 7) is 0.497. The zero-order valence-corrected chi connectivity index (χ0v) is 16.1. The van der Waals surface area contributed by atoms with Crippen LogP contribution in [0.2, 0.25) is 5.02 Å². The fourth-order valence-electron chi connectivity index (χ4n) is 3.21. The average Bonchev–Trinajstić information content (AvgIpc) is 3.32. The maximum atomic E-state index is 12.7. The molecule has 0 bridgehead atoms. The number of nitrogens with one attached hydrogen (secondary N) is 1. The van der Waals surface area contributed by atoms with Crippen molar-refractivity contribution in [1.82, 2.24) is 10.2 Å². The van der Waals surface area contributed by atoms with Crippen molar-refractivity contribution in [2.75, 3.05) is 6.54 Å². The molecule has 1 N–H and O–H groups in total. The Morgan fingerprint density at radius 1 is 1.00 bits per heavy atom. The van der Waals surface area contributed by atoms with Crippen LogP contribution in [0.3, 0.4) is 0 Å².